The third-order valence-electron chi connectivity index (χ3n) is 4.82. The monoisotopic (exact) mass is 388 g/mol. The number of likely N-dealkylation sites (N-methyl/N-ethyl adjacent to an activating group) is 1. The summed E-state index contributed by atoms with van der Waals surface area (Å²) in [6, 6.07) is 8.90. The predicted molar refractivity (Wildman–Crippen MR) is 98.9 cm³/mol. The summed E-state index contributed by atoms with van der Waals surface area (Å²) in [5.41, 5.74) is 1.61. The summed E-state index contributed by atoms with van der Waals surface area (Å²) >= 11 is 0. The van der Waals surface area contributed by atoms with Crippen molar-refractivity contribution in [3.8, 4) is 11.3 Å². The van der Waals surface area contributed by atoms with Crippen LogP contribution in [0.2, 0.25) is 0 Å². The number of halogens is 3. The Balaban J connectivity index is 1.48. The van der Waals surface area contributed by atoms with Crippen molar-refractivity contribution in [3.05, 3.63) is 60.2 Å². The lowest BCUT2D eigenvalue weighted by Crippen LogP contribution is -2.56. The van der Waals surface area contributed by atoms with Gasteiger partial charge < -0.3 is 10.2 Å². The lowest BCUT2D eigenvalue weighted by Gasteiger charge is -2.36. The van der Waals surface area contributed by atoms with Crippen LogP contribution in [0.25, 0.3) is 11.3 Å². The first-order valence-corrected chi connectivity index (χ1v) is 8.86. The molecule has 9 heteroatoms. The summed E-state index contributed by atoms with van der Waals surface area (Å²) in [6.07, 6.45) is 0.346. The number of benzene rings is 1. The summed E-state index contributed by atoms with van der Waals surface area (Å²) in [5.74, 6) is 0.810. The Morgan fingerprint density at radius 3 is 2.50 bits per heavy atom. The molecule has 1 N–H and O–H groups in total. The van der Waals surface area contributed by atoms with Crippen molar-refractivity contribution >= 4 is 5.82 Å². The van der Waals surface area contributed by atoms with Crippen molar-refractivity contribution in [1.82, 2.24) is 25.1 Å². The summed E-state index contributed by atoms with van der Waals surface area (Å²) in [7, 11) is 2.00. The van der Waals surface area contributed by atoms with Crippen LogP contribution in [0.3, 0.4) is 0 Å². The second-order valence-electron chi connectivity index (χ2n) is 6.78. The van der Waals surface area contributed by atoms with E-state index in [9.17, 15) is 13.2 Å². The third kappa shape index (κ3) is 3.84. The van der Waals surface area contributed by atoms with Gasteiger partial charge in [0.15, 0.2) is 5.69 Å². The van der Waals surface area contributed by atoms with Gasteiger partial charge in [0.05, 0.1) is 30.7 Å². The number of rotatable bonds is 5. The molecule has 1 saturated heterocycles. The quantitative estimate of drug-likeness (QED) is 0.729. The van der Waals surface area contributed by atoms with Crippen LogP contribution in [0.1, 0.15) is 11.3 Å². The van der Waals surface area contributed by atoms with Crippen LogP contribution < -0.4 is 10.2 Å². The fourth-order valence-corrected chi connectivity index (χ4v) is 2.97. The van der Waals surface area contributed by atoms with Gasteiger partial charge in [0, 0.05) is 31.9 Å². The van der Waals surface area contributed by atoms with Gasteiger partial charge in [-0.05, 0) is 11.6 Å². The highest BCUT2D eigenvalue weighted by molar-refractivity contribution is 5.60. The lowest BCUT2D eigenvalue weighted by atomic mass is 10.1. The van der Waals surface area contributed by atoms with Gasteiger partial charge in [-0.1, -0.05) is 24.3 Å². The SMILES string of the molecule is CN(c1cncc(-c2ccc(Cn3ccc(C(F)(F)F)n3)cc2)n1)C1CNC1. The maximum absolute atomic E-state index is 12.7. The molecule has 3 aromatic rings. The van der Waals surface area contributed by atoms with Crippen molar-refractivity contribution in [2.75, 3.05) is 25.0 Å². The zero-order chi connectivity index (χ0) is 19.7. The highest BCUT2D eigenvalue weighted by Gasteiger charge is 2.33. The summed E-state index contributed by atoms with van der Waals surface area (Å²) in [4.78, 5) is 11.1. The first kappa shape index (κ1) is 18.4. The molecule has 6 nitrogen and oxygen atoms in total. The van der Waals surface area contributed by atoms with Gasteiger partial charge in [-0.3, -0.25) is 9.67 Å². The number of alkyl halides is 3. The Labute approximate surface area is 160 Å². The van der Waals surface area contributed by atoms with Crippen LogP contribution in [0.4, 0.5) is 19.0 Å². The topological polar surface area (TPSA) is 58.9 Å². The minimum Gasteiger partial charge on any atom is -0.353 e. The molecular weight excluding hydrogens is 369 g/mol. The molecule has 0 saturated carbocycles. The third-order valence-corrected chi connectivity index (χ3v) is 4.82. The Hall–Kier alpha value is -2.94. The van der Waals surface area contributed by atoms with E-state index in [0.29, 0.717) is 6.04 Å². The smallest absolute Gasteiger partial charge is 0.353 e. The fourth-order valence-electron chi connectivity index (χ4n) is 2.97. The first-order valence-electron chi connectivity index (χ1n) is 8.86. The van der Waals surface area contributed by atoms with E-state index in [-0.39, 0.29) is 6.54 Å². The largest absolute Gasteiger partial charge is 0.435 e. The molecule has 0 atom stereocenters. The molecule has 0 bridgehead atoms. The summed E-state index contributed by atoms with van der Waals surface area (Å²) in [6.45, 7) is 2.13. The van der Waals surface area contributed by atoms with Gasteiger partial charge in [-0.2, -0.15) is 18.3 Å². The number of aromatic nitrogens is 4. The normalized spacial score (nSPS) is 14.7. The lowest BCUT2D eigenvalue weighted by molar-refractivity contribution is -0.141. The molecule has 1 aliphatic heterocycles. The van der Waals surface area contributed by atoms with Gasteiger partial charge in [0.2, 0.25) is 0 Å². The predicted octanol–water partition coefficient (Wildman–Crippen LogP) is 2.82. The maximum Gasteiger partial charge on any atom is 0.435 e. The molecule has 0 aliphatic carbocycles. The molecule has 1 aromatic carbocycles. The molecular formula is C19H19F3N6. The van der Waals surface area contributed by atoms with Crippen LogP contribution >= 0.6 is 0 Å². The Morgan fingerprint density at radius 2 is 1.89 bits per heavy atom. The number of hydrogen-bond donors (Lipinski definition) is 1. The van der Waals surface area contributed by atoms with Crippen molar-refractivity contribution in [2.24, 2.45) is 0 Å². The van der Waals surface area contributed by atoms with E-state index >= 15 is 0 Å². The van der Waals surface area contributed by atoms with Crippen molar-refractivity contribution in [2.45, 2.75) is 18.8 Å². The molecule has 0 spiro atoms. The highest BCUT2D eigenvalue weighted by Crippen LogP contribution is 2.27. The van der Waals surface area contributed by atoms with Crippen LogP contribution in [-0.2, 0) is 12.7 Å². The van der Waals surface area contributed by atoms with Gasteiger partial charge in [0.1, 0.15) is 5.82 Å². The molecule has 1 fully saturated rings. The van der Waals surface area contributed by atoms with E-state index in [1.165, 1.54) is 10.9 Å². The molecule has 28 heavy (non-hydrogen) atoms. The van der Waals surface area contributed by atoms with E-state index in [0.717, 1.165) is 41.8 Å². The Kier molecular flexibility index (Phi) is 4.76. The second kappa shape index (κ2) is 7.23. The maximum atomic E-state index is 12.7. The van der Waals surface area contributed by atoms with E-state index in [4.69, 9.17) is 0 Å². The average molecular weight is 388 g/mol. The summed E-state index contributed by atoms with van der Waals surface area (Å²) < 4.78 is 39.2. The number of nitrogens with one attached hydrogen (secondary N) is 1. The molecule has 4 rings (SSSR count). The average Bonchev–Trinajstić information content (AvgIpc) is 3.10. The molecule has 0 radical (unpaired) electrons. The van der Waals surface area contributed by atoms with E-state index in [2.05, 4.69) is 25.3 Å². The number of anilines is 1. The van der Waals surface area contributed by atoms with Crippen LogP contribution in [-0.4, -0.2) is 45.9 Å². The Morgan fingerprint density at radius 1 is 1.14 bits per heavy atom. The van der Waals surface area contributed by atoms with Gasteiger partial charge in [-0.25, -0.2) is 4.98 Å². The fraction of sp³-hybridized carbons (Fsp3) is 0.316. The molecule has 1 aliphatic rings. The molecule has 2 aromatic heterocycles. The van der Waals surface area contributed by atoms with Crippen LogP contribution in [0.5, 0.6) is 0 Å². The zero-order valence-electron chi connectivity index (χ0n) is 15.2. The minimum atomic E-state index is -4.43. The molecule has 0 unspecified atom stereocenters. The van der Waals surface area contributed by atoms with Gasteiger partial charge >= 0.3 is 6.18 Å². The molecule has 0 amide bonds. The van der Waals surface area contributed by atoms with E-state index < -0.39 is 11.9 Å². The molecule has 3 heterocycles. The van der Waals surface area contributed by atoms with Crippen molar-refractivity contribution in [1.29, 1.82) is 0 Å². The zero-order valence-corrected chi connectivity index (χ0v) is 15.2. The first-order chi connectivity index (χ1) is 13.4. The Bertz CT molecular complexity index is 947. The van der Waals surface area contributed by atoms with Crippen LogP contribution in [0, 0.1) is 0 Å². The number of hydrogen-bond acceptors (Lipinski definition) is 5. The minimum absolute atomic E-state index is 0.263. The van der Waals surface area contributed by atoms with E-state index in [1.807, 2.05) is 31.3 Å². The van der Waals surface area contributed by atoms with Crippen LogP contribution in [0.15, 0.2) is 48.9 Å². The van der Waals surface area contributed by atoms with Crippen molar-refractivity contribution < 1.29 is 13.2 Å². The van der Waals surface area contributed by atoms with Gasteiger partial charge in [-0.15, -0.1) is 0 Å². The summed E-state index contributed by atoms with van der Waals surface area (Å²) in [5, 5.41) is 6.81. The highest BCUT2D eigenvalue weighted by atomic mass is 19.4. The van der Waals surface area contributed by atoms with Crippen molar-refractivity contribution in [3.63, 3.8) is 0 Å². The van der Waals surface area contributed by atoms with Gasteiger partial charge in [0.25, 0.3) is 0 Å². The number of nitrogens with zero attached hydrogens (tertiary/aromatic N) is 5. The van der Waals surface area contributed by atoms with E-state index in [1.54, 1.807) is 12.4 Å². The molecule has 146 valence electrons. The standard InChI is InChI=1S/C19H19F3N6/c1-27(15-8-23-9-15)18-11-24-10-16(25-18)14-4-2-13(3-5-14)12-28-7-6-17(26-28)19(20,21)22/h2-7,10-11,15,23H,8-9,12H2,1H3. The second-order valence-corrected chi connectivity index (χ2v) is 6.78.